The smallest absolute Gasteiger partial charge is 0.371 e. The number of halogens is 1. The third-order valence-corrected chi connectivity index (χ3v) is 5.18. The van der Waals surface area contributed by atoms with Crippen molar-refractivity contribution in [2.45, 2.75) is 25.2 Å². The minimum absolute atomic E-state index is 0.117. The maximum absolute atomic E-state index is 12.1. The van der Waals surface area contributed by atoms with Gasteiger partial charge in [0.25, 0.3) is 0 Å². The standard InChI is InChI=1S/C12H19BrN2O5S/c1-3-6-15(4-2)7-5-14-21(18,19)10-8-9(12(16)17)20-11(10)13/h8,14H,3-7H2,1-2H3,(H,16,17). The second-order valence-electron chi connectivity index (χ2n) is 4.39. The second-order valence-corrected chi connectivity index (χ2v) is 6.84. The van der Waals surface area contributed by atoms with Crippen LogP contribution in [0.4, 0.5) is 0 Å². The number of aromatic carboxylic acids is 1. The van der Waals surface area contributed by atoms with Crippen LogP contribution in [0.3, 0.4) is 0 Å². The number of carboxylic acids is 1. The summed E-state index contributed by atoms with van der Waals surface area (Å²) in [5.74, 6) is -1.75. The number of furan rings is 1. The first-order valence-corrected chi connectivity index (χ1v) is 8.84. The highest BCUT2D eigenvalue weighted by molar-refractivity contribution is 9.10. The fourth-order valence-corrected chi connectivity index (χ4v) is 3.76. The predicted molar refractivity (Wildman–Crippen MR) is 81.0 cm³/mol. The largest absolute Gasteiger partial charge is 0.475 e. The fraction of sp³-hybridized carbons (Fsp3) is 0.583. The van der Waals surface area contributed by atoms with E-state index in [9.17, 15) is 13.2 Å². The van der Waals surface area contributed by atoms with E-state index in [1.54, 1.807) is 0 Å². The number of hydrogen-bond acceptors (Lipinski definition) is 5. The molecule has 1 rings (SSSR count). The van der Waals surface area contributed by atoms with Crippen LogP contribution in [-0.4, -0.2) is 50.6 Å². The molecule has 0 radical (unpaired) electrons. The summed E-state index contributed by atoms with van der Waals surface area (Å²) < 4.78 is 31.4. The zero-order valence-corrected chi connectivity index (χ0v) is 14.3. The molecular formula is C12H19BrN2O5S. The number of rotatable bonds is 9. The summed E-state index contributed by atoms with van der Waals surface area (Å²) in [5.41, 5.74) is 0. The van der Waals surface area contributed by atoms with Gasteiger partial charge in [-0.2, -0.15) is 0 Å². The molecule has 0 saturated carbocycles. The Morgan fingerprint density at radius 3 is 2.57 bits per heavy atom. The van der Waals surface area contributed by atoms with Crippen LogP contribution in [0.2, 0.25) is 0 Å². The third kappa shape index (κ3) is 5.10. The van der Waals surface area contributed by atoms with Crippen molar-refractivity contribution in [3.8, 4) is 0 Å². The number of nitrogens with zero attached hydrogens (tertiary/aromatic N) is 1. The van der Waals surface area contributed by atoms with Crippen molar-refractivity contribution in [3.63, 3.8) is 0 Å². The van der Waals surface area contributed by atoms with Gasteiger partial charge < -0.3 is 14.4 Å². The van der Waals surface area contributed by atoms with Crippen molar-refractivity contribution >= 4 is 31.9 Å². The molecule has 0 aliphatic carbocycles. The van der Waals surface area contributed by atoms with Gasteiger partial charge in [-0.1, -0.05) is 13.8 Å². The maximum Gasteiger partial charge on any atom is 0.371 e. The molecular weight excluding hydrogens is 364 g/mol. The molecule has 7 nitrogen and oxygen atoms in total. The van der Waals surface area contributed by atoms with E-state index in [1.165, 1.54) is 0 Å². The van der Waals surface area contributed by atoms with Crippen molar-refractivity contribution in [1.29, 1.82) is 0 Å². The molecule has 0 aliphatic heterocycles. The molecule has 0 bridgehead atoms. The third-order valence-electron chi connectivity index (χ3n) is 2.86. The molecule has 0 atom stereocenters. The van der Waals surface area contributed by atoms with Crippen molar-refractivity contribution < 1.29 is 22.7 Å². The second kappa shape index (κ2) is 7.92. The normalized spacial score (nSPS) is 12.0. The van der Waals surface area contributed by atoms with Crippen LogP contribution in [0.25, 0.3) is 0 Å². The number of sulfonamides is 1. The van der Waals surface area contributed by atoms with Gasteiger partial charge in [0.15, 0.2) is 4.67 Å². The minimum Gasteiger partial charge on any atom is -0.475 e. The molecule has 120 valence electrons. The van der Waals surface area contributed by atoms with Gasteiger partial charge in [0.1, 0.15) is 4.90 Å². The number of carboxylic acid groups (broad SMARTS) is 1. The zero-order chi connectivity index (χ0) is 16.0. The first kappa shape index (κ1) is 18.1. The molecule has 0 spiro atoms. The summed E-state index contributed by atoms with van der Waals surface area (Å²) in [5, 5.41) is 8.79. The van der Waals surface area contributed by atoms with Gasteiger partial charge in [0, 0.05) is 19.2 Å². The molecule has 2 N–H and O–H groups in total. The molecule has 0 unspecified atom stereocenters. The Balaban J connectivity index is 2.71. The summed E-state index contributed by atoms with van der Waals surface area (Å²) in [7, 11) is -3.80. The Morgan fingerprint density at radius 1 is 1.43 bits per heavy atom. The van der Waals surface area contributed by atoms with E-state index in [0.717, 1.165) is 25.6 Å². The van der Waals surface area contributed by atoms with E-state index in [0.29, 0.717) is 6.54 Å². The number of carbonyl (C=O) groups is 1. The van der Waals surface area contributed by atoms with Crippen LogP contribution < -0.4 is 4.72 Å². The summed E-state index contributed by atoms with van der Waals surface area (Å²) in [6.45, 7) is 6.64. The Kier molecular flexibility index (Phi) is 6.85. The van der Waals surface area contributed by atoms with E-state index in [4.69, 9.17) is 9.52 Å². The highest BCUT2D eigenvalue weighted by Gasteiger charge is 2.24. The minimum atomic E-state index is -3.80. The van der Waals surface area contributed by atoms with E-state index in [1.807, 2.05) is 6.92 Å². The summed E-state index contributed by atoms with van der Waals surface area (Å²) in [4.78, 5) is 12.7. The number of hydrogen-bond donors (Lipinski definition) is 2. The molecule has 0 fully saturated rings. The van der Waals surface area contributed by atoms with Gasteiger partial charge >= 0.3 is 5.97 Å². The Morgan fingerprint density at radius 2 is 2.10 bits per heavy atom. The van der Waals surface area contributed by atoms with Crippen molar-refractivity contribution in [2.24, 2.45) is 0 Å². The lowest BCUT2D eigenvalue weighted by Crippen LogP contribution is -2.35. The van der Waals surface area contributed by atoms with E-state index in [-0.39, 0.29) is 16.1 Å². The lowest BCUT2D eigenvalue weighted by atomic mass is 10.4. The molecule has 1 aromatic rings. The Hall–Kier alpha value is -0.900. The Labute approximate surface area is 132 Å². The quantitative estimate of drug-likeness (QED) is 0.674. The highest BCUT2D eigenvalue weighted by atomic mass is 79.9. The molecule has 9 heteroatoms. The zero-order valence-electron chi connectivity index (χ0n) is 11.9. The highest BCUT2D eigenvalue weighted by Crippen LogP contribution is 2.25. The van der Waals surface area contributed by atoms with Gasteiger partial charge in [0.2, 0.25) is 15.8 Å². The first-order chi connectivity index (χ1) is 9.81. The predicted octanol–water partition coefficient (Wildman–Crippen LogP) is 1.75. The summed E-state index contributed by atoms with van der Waals surface area (Å²) in [6, 6.07) is 0.985. The Bertz CT molecular complexity index is 584. The van der Waals surface area contributed by atoms with Crippen LogP contribution >= 0.6 is 15.9 Å². The molecule has 0 aromatic carbocycles. The molecule has 1 aromatic heterocycles. The SMILES string of the molecule is CCCN(CC)CCNS(=O)(=O)c1cc(C(=O)O)oc1Br. The fourth-order valence-electron chi connectivity index (χ4n) is 1.80. The molecule has 0 amide bonds. The van der Waals surface area contributed by atoms with Gasteiger partial charge in [0.05, 0.1) is 0 Å². The van der Waals surface area contributed by atoms with Crippen LogP contribution in [0.1, 0.15) is 30.8 Å². The lowest BCUT2D eigenvalue weighted by molar-refractivity contribution is 0.0661. The number of nitrogens with one attached hydrogen (secondary N) is 1. The molecule has 21 heavy (non-hydrogen) atoms. The van der Waals surface area contributed by atoms with E-state index in [2.05, 4.69) is 32.5 Å². The monoisotopic (exact) mass is 382 g/mol. The maximum atomic E-state index is 12.1. The van der Waals surface area contributed by atoms with Crippen molar-refractivity contribution in [2.75, 3.05) is 26.2 Å². The first-order valence-electron chi connectivity index (χ1n) is 6.56. The van der Waals surface area contributed by atoms with Crippen LogP contribution in [0.5, 0.6) is 0 Å². The van der Waals surface area contributed by atoms with Crippen molar-refractivity contribution in [1.82, 2.24) is 9.62 Å². The average molecular weight is 383 g/mol. The van der Waals surface area contributed by atoms with Crippen LogP contribution in [-0.2, 0) is 10.0 Å². The van der Waals surface area contributed by atoms with Crippen LogP contribution in [0.15, 0.2) is 20.0 Å². The summed E-state index contributed by atoms with van der Waals surface area (Å²) in [6.07, 6.45) is 0.996. The van der Waals surface area contributed by atoms with Gasteiger partial charge in [-0.05, 0) is 35.4 Å². The summed E-state index contributed by atoms with van der Waals surface area (Å²) >= 11 is 2.92. The van der Waals surface area contributed by atoms with E-state index < -0.39 is 21.8 Å². The number of likely N-dealkylation sites (N-methyl/N-ethyl adjacent to an activating group) is 1. The van der Waals surface area contributed by atoms with E-state index >= 15 is 0 Å². The van der Waals surface area contributed by atoms with Gasteiger partial charge in [-0.15, -0.1) is 0 Å². The topological polar surface area (TPSA) is 99.9 Å². The molecule has 0 aliphatic rings. The van der Waals surface area contributed by atoms with Crippen LogP contribution in [0, 0.1) is 0 Å². The van der Waals surface area contributed by atoms with Crippen molar-refractivity contribution in [3.05, 3.63) is 16.5 Å². The van der Waals surface area contributed by atoms with Gasteiger partial charge in [-0.3, -0.25) is 0 Å². The average Bonchev–Trinajstić information content (AvgIpc) is 2.80. The molecule has 1 heterocycles. The molecule has 0 saturated heterocycles. The van der Waals surface area contributed by atoms with Gasteiger partial charge in [-0.25, -0.2) is 17.9 Å². The lowest BCUT2D eigenvalue weighted by Gasteiger charge is -2.19.